The number of rotatable bonds is 4. The number of allylic oxidation sites excluding steroid dienone is 1. The fourth-order valence-electron chi connectivity index (χ4n) is 3.53. The zero-order valence-corrected chi connectivity index (χ0v) is 16.1. The van der Waals surface area contributed by atoms with E-state index in [2.05, 4.69) is 61.2 Å². The van der Waals surface area contributed by atoms with Gasteiger partial charge in [0.15, 0.2) is 0 Å². The van der Waals surface area contributed by atoms with Crippen molar-refractivity contribution in [3.63, 3.8) is 0 Å². The molecule has 0 amide bonds. The second-order valence-electron chi connectivity index (χ2n) is 7.29. The first kappa shape index (κ1) is 18.0. The average molecular weight is 366 g/mol. The Kier molecular flexibility index (Phi) is 4.73. The van der Waals surface area contributed by atoms with E-state index in [1.165, 1.54) is 18.2 Å². The van der Waals surface area contributed by atoms with Crippen molar-refractivity contribution >= 4 is 11.5 Å². The van der Waals surface area contributed by atoms with Crippen LogP contribution in [0.25, 0.3) is 5.57 Å². The first-order valence-corrected chi connectivity index (χ1v) is 9.42. The van der Waals surface area contributed by atoms with Gasteiger partial charge in [-0.15, -0.1) is 5.73 Å². The molecule has 0 radical (unpaired) electrons. The van der Waals surface area contributed by atoms with Crippen molar-refractivity contribution in [3.05, 3.63) is 118 Å². The molecular formula is C26H22O2. The summed E-state index contributed by atoms with van der Waals surface area (Å²) in [7, 11) is 1.40. The number of ether oxygens (including phenoxy) is 1. The average Bonchev–Trinajstić information content (AvgIpc) is 3.43. The van der Waals surface area contributed by atoms with E-state index in [4.69, 9.17) is 4.74 Å². The molecule has 3 aromatic rings. The van der Waals surface area contributed by atoms with Crippen LogP contribution in [-0.2, 0) is 10.2 Å². The maximum Gasteiger partial charge on any atom is 0.337 e. The molecule has 0 aromatic heterocycles. The van der Waals surface area contributed by atoms with Crippen LogP contribution < -0.4 is 0 Å². The zero-order chi connectivity index (χ0) is 19.6. The third-order valence-electron chi connectivity index (χ3n) is 5.42. The summed E-state index contributed by atoms with van der Waals surface area (Å²) in [6, 6.07) is 28.5. The number of hydrogen-bond donors (Lipinski definition) is 0. The number of benzene rings is 3. The fourth-order valence-corrected chi connectivity index (χ4v) is 3.53. The summed E-state index contributed by atoms with van der Waals surface area (Å²) in [6.45, 7) is 2.23. The van der Waals surface area contributed by atoms with E-state index in [0.29, 0.717) is 5.56 Å². The molecule has 3 aromatic carbocycles. The minimum Gasteiger partial charge on any atom is -0.465 e. The summed E-state index contributed by atoms with van der Waals surface area (Å²) in [6.07, 6.45) is 0.966. The van der Waals surface area contributed by atoms with E-state index in [9.17, 15) is 4.79 Å². The van der Waals surface area contributed by atoms with Gasteiger partial charge in [0.2, 0.25) is 0 Å². The summed E-state index contributed by atoms with van der Waals surface area (Å²) in [5.41, 5.74) is 10.2. The predicted molar refractivity (Wildman–Crippen MR) is 112 cm³/mol. The molecule has 1 unspecified atom stereocenters. The Balaban J connectivity index is 1.75. The van der Waals surface area contributed by atoms with Crippen molar-refractivity contribution < 1.29 is 9.53 Å². The van der Waals surface area contributed by atoms with Crippen LogP contribution in [-0.4, -0.2) is 13.1 Å². The van der Waals surface area contributed by atoms with Gasteiger partial charge in [-0.2, -0.15) is 0 Å². The van der Waals surface area contributed by atoms with Crippen LogP contribution in [0.5, 0.6) is 0 Å². The van der Waals surface area contributed by atoms with Crippen molar-refractivity contribution in [3.8, 4) is 0 Å². The smallest absolute Gasteiger partial charge is 0.337 e. The quantitative estimate of drug-likeness (QED) is 0.431. The second kappa shape index (κ2) is 7.34. The molecule has 0 spiro atoms. The molecule has 1 aliphatic carbocycles. The molecule has 0 bridgehead atoms. The topological polar surface area (TPSA) is 26.3 Å². The highest BCUT2D eigenvalue weighted by Gasteiger charge is 2.46. The van der Waals surface area contributed by atoms with Crippen LogP contribution in [0.2, 0.25) is 0 Å². The zero-order valence-electron chi connectivity index (χ0n) is 16.1. The van der Waals surface area contributed by atoms with Crippen molar-refractivity contribution in [1.29, 1.82) is 0 Å². The summed E-state index contributed by atoms with van der Waals surface area (Å²) in [4.78, 5) is 11.7. The van der Waals surface area contributed by atoms with Gasteiger partial charge in [-0.3, -0.25) is 0 Å². The molecule has 1 saturated carbocycles. The summed E-state index contributed by atoms with van der Waals surface area (Å²) < 4.78 is 4.79. The van der Waals surface area contributed by atoms with Gasteiger partial charge in [-0.1, -0.05) is 79.7 Å². The van der Waals surface area contributed by atoms with Crippen LogP contribution >= 0.6 is 0 Å². The number of esters is 1. The van der Waals surface area contributed by atoms with E-state index < -0.39 is 0 Å². The largest absolute Gasteiger partial charge is 0.465 e. The van der Waals surface area contributed by atoms with Gasteiger partial charge in [-0.25, -0.2) is 4.79 Å². The molecule has 0 aliphatic heterocycles. The van der Waals surface area contributed by atoms with Crippen molar-refractivity contribution in [2.45, 2.75) is 18.8 Å². The predicted octanol–water partition coefficient (Wildman–Crippen LogP) is 5.79. The van der Waals surface area contributed by atoms with Gasteiger partial charge in [0.1, 0.15) is 0 Å². The maximum atomic E-state index is 11.7. The molecule has 2 heteroatoms. The molecule has 0 N–H and O–H groups in total. The third kappa shape index (κ3) is 3.43. The van der Waals surface area contributed by atoms with Crippen LogP contribution in [0.3, 0.4) is 0 Å². The Morgan fingerprint density at radius 2 is 1.36 bits per heavy atom. The first-order chi connectivity index (χ1) is 13.6. The van der Waals surface area contributed by atoms with Crippen molar-refractivity contribution in [2.24, 2.45) is 0 Å². The van der Waals surface area contributed by atoms with E-state index in [1.807, 2.05) is 36.4 Å². The number of carbonyl (C=O) groups is 1. The second-order valence-corrected chi connectivity index (χ2v) is 7.29. The summed E-state index contributed by atoms with van der Waals surface area (Å²) in [5, 5.41) is 0. The van der Waals surface area contributed by atoms with Crippen LogP contribution in [0.15, 0.2) is 96.2 Å². The monoisotopic (exact) mass is 366 g/mol. The third-order valence-corrected chi connectivity index (χ3v) is 5.42. The fraction of sp³-hybridized carbons (Fsp3) is 0.154. The molecule has 4 rings (SSSR count). The highest BCUT2D eigenvalue weighted by atomic mass is 16.5. The van der Waals surface area contributed by atoms with Crippen molar-refractivity contribution in [1.82, 2.24) is 0 Å². The normalized spacial score (nSPS) is 17.6. The lowest BCUT2D eigenvalue weighted by Gasteiger charge is -2.09. The summed E-state index contributed by atoms with van der Waals surface area (Å²) >= 11 is 0. The Morgan fingerprint density at radius 3 is 1.86 bits per heavy atom. The lowest BCUT2D eigenvalue weighted by atomic mass is 9.95. The van der Waals surface area contributed by atoms with Gasteiger partial charge in [0.05, 0.1) is 12.7 Å². The molecule has 1 fully saturated rings. The minimum absolute atomic E-state index is 0.0382. The van der Waals surface area contributed by atoms with Crippen LogP contribution in [0, 0.1) is 0 Å². The Labute approximate surface area is 165 Å². The molecule has 1 atom stereocenters. The number of methoxy groups -OCH3 is 1. The lowest BCUT2D eigenvalue weighted by Crippen LogP contribution is -2.04. The number of hydrogen-bond acceptors (Lipinski definition) is 2. The van der Waals surface area contributed by atoms with Gasteiger partial charge < -0.3 is 4.74 Å². The van der Waals surface area contributed by atoms with E-state index in [-0.39, 0.29) is 11.4 Å². The van der Waals surface area contributed by atoms with E-state index >= 15 is 0 Å². The SMILES string of the molecule is COC(=O)c1ccc(C2(C)CC2=C=C(c2ccccc2)c2ccccc2)cc1. The van der Waals surface area contributed by atoms with Crippen LogP contribution in [0.1, 0.15) is 40.4 Å². The van der Waals surface area contributed by atoms with Gasteiger partial charge in [0.25, 0.3) is 0 Å². The maximum absolute atomic E-state index is 11.7. The minimum atomic E-state index is -0.307. The Bertz CT molecular complexity index is 1010. The van der Waals surface area contributed by atoms with E-state index in [0.717, 1.165) is 23.1 Å². The molecule has 28 heavy (non-hydrogen) atoms. The van der Waals surface area contributed by atoms with Crippen LogP contribution in [0.4, 0.5) is 0 Å². The first-order valence-electron chi connectivity index (χ1n) is 9.42. The highest BCUT2D eigenvalue weighted by Crippen LogP contribution is 2.53. The molecule has 2 nitrogen and oxygen atoms in total. The molecular weight excluding hydrogens is 344 g/mol. The Morgan fingerprint density at radius 1 is 0.821 bits per heavy atom. The molecule has 0 heterocycles. The standard InChI is InChI=1S/C26H22O2/c1-26(22-15-13-21(14-16-22)25(27)28-2)18-23(26)17-24(19-9-5-3-6-10-19)20-11-7-4-8-12-20/h3-16H,18H2,1-2H3. The van der Waals surface area contributed by atoms with Gasteiger partial charge in [-0.05, 0) is 40.8 Å². The highest BCUT2D eigenvalue weighted by molar-refractivity contribution is 5.89. The van der Waals surface area contributed by atoms with Crippen molar-refractivity contribution in [2.75, 3.05) is 7.11 Å². The van der Waals surface area contributed by atoms with Gasteiger partial charge in [0, 0.05) is 11.0 Å². The molecule has 1 aliphatic rings. The molecule has 138 valence electrons. The Hall–Kier alpha value is -3.35. The lowest BCUT2D eigenvalue weighted by molar-refractivity contribution is 0.0600. The van der Waals surface area contributed by atoms with Gasteiger partial charge >= 0.3 is 5.97 Å². The summed E-state index contributed by atoms with van der Waals surface area (Å²) in [5.74, 6) is -0.307. The number of carbonyl (C=O) groups excluding carboxylic acids is 1. The molecule has 0 saturated heterocycles. The van der Waals surface area contributed by atoms with E-state index in [1.54, 1.807) is 0 Å².